The lowest BCUT2D eigenvalue weighted by molar-refractivity contribution is 0.217. The number of nitrogens with zero attached hydrogens (tertiary/aromatic N) is 3. The maximum Gasteiger partial charge on any atom is 0.115 e. The first-order valence-corrected chi connectivity index (χ1v) is 5.52. The summed E-state index contributed by atoms with van der Waals surface area (Å²) in [7, 11) is 2.19. The average Bonchev–Trinajstić information content (AvgIpc) is 2.28. The number of rotatable bonds is 3. The SMILES string of the molecule is CN1CCCC(CNc2cncnc2)C1. The van der Waals surface area contributed by atoms with Crippen molar-refractivity contribution in [2.75, 3.05) is 32.0 Å². The third-order valence-corrected chi connectivity index (χ3v) is 2.88. The summed E-state index contributed by atoms with van der Waals surface area (Å²) >= 11 is 0. The maximum absolute atomic E-state index is 3.98. The Labute approximate surface area is 90.7 Å². The fourth-order valence-electron chi connectivity index (χ4n) is 2.09. The summed E-state index contributed by atoms with van der Waals surface area (Å²) in [6.07, 6.45) is 7.83. The molecule has 1 aromatic heterocycles. The second-order valence-electron chi connectivity index (χ2n) is 4.28. The van der Waals surface area contributed by atoms with E-state index >= 15 is 0 Å². The molecule has 1 aromatic rings. The van der Waals surface area contributed by atoms with Crippen LogP contribution in [0.5, 0.6) is 0 Å². The highest BCUT2D eigenvalue weighted by atomic mass is 15.1. The molecule has 1 atom stereocenters. The predicted octanol–water partition coefficient (Wildman–Crippen LogP) is 1.23. The van der Waals surface area contributed by atoms with Crippen LogP contribution in [0.2, 0.25) is 0 Å². The molecule has 2 heterocycles. The van der Waals surface area contributed by atoms with Crippen LogP contribution in [0.4, 0.5) is 5.69 Å². The highest BCUT2D eigenvalue weighted by Crippen LogP contribution is 2.15. The van der Waals surface area contributed by atoms with Crippen LogP contribution in [0.3, 0.4) is 0 Å². The zero-order chi connectivity index (χ0) is 10.5. The van der Waals surface area contributed by atoms with Gasteiger partial charge in [0.15, 0.2) is 0 Å². The molecular formula is C11H18N4. The van der Waals surface area contributed by atoms with Gasteiger partial charge in [-0.3, -0.25) is 0 Å². The first-order chi connectivity index (χ1) is 7.34. The smallest absolute Gasteiger partial charge is 0.115 e. The molecule has 4 heteroatoms. The molecule has 1 fully saturated rings. The Balaban J connectivity index is 1.78. The fraction of sp³-hybridized carbons (Fsp3) is 0.636. The Kier molecular flexibility index (Phi) is 3.50. The van der Waals surface area contributed by atoms with Gasteiger partial charge >= 0.3 is 0 Å². The molecule has 0 spiro atoms. The molecule has 1 aliphatic rings. The minimum absolute atomic E-state index is 0.754. The zero-order valence-corrected chi connectivity index (χ0v) is 9.19. The fourth-order valence-corrected chi connectivity index (χ4v) is 2.09. The van der Waals surface area contributed by atoms with Crippen LogP contribution in [0.25, 0.3) is 0 Å². The van der Waals surface area contributed by atoms with Crippen LogP contribution in [0, 0.1) is 5.92 Å². The van der Waals surface area contributed by atoms with E-state index in [4.69, 9.17) is 0 Å². The molecule has 1 unspecified atom stereocenters. The molecule has 1 saturated heterocycles. The van der Waals surface area contributed by atoms with Gasteiger partial charge in [0.1, 0.15) is 6.33 Å². The summed E-state index contributed by atoms with van der Waals surface area (Å²) in [5.74, 6) is 0.754. The number of likely N-dealkylation sites (tertiary alicyclic amines) is 1. The number of piperidine rings is 1. The molecule has 15 heavy (non-hydrogen) atoms. The lowest BCUT2D eigenvalue weighted by Gasteiger charge is -2.29. The molecule has 2 rings (SSSR count). The molecule has 0 saturated carbocycles. The Morgan fingerprint density at radius 3 is 3.00 bits per heavy atom. The quantitative estimate of drug-likeness (QED) is 0.807. The summed E-state index contributed by atoms with van der Waals surface area (Å²) < 4.78 is 0. The first kappa shape index (κ1) is 10.4. The van der Waals surface area contributed by atoms with Gasteiger partial charge in [-0.1, -0.05) is 0 Å². The summed E-state index contributed by atoms with van der Waals surface area (Å²) in [6.45, 7) is 3.46. The molecule has 0 radical (unpaired) electrons. The van der Waals surface area contributed by atoms with E-state index in [-0.39, 0.29) is 0 Å². The average molecular weight is 206 g/mol. The van der Waals surface area contributed by atoms with Crippen molar-refractivity contribution in [1.82, 2.24) is 14.9 Å². The number of anilines is 1. The summed E-state index contributed by atoms with van der Waals surface area (Å²) in [5.41, 5.74) is 1.02. The third kappa shape index (κ3) is 3.16. The van der Waals surface area contributed by atoms with Crippen molar-refractivity contribution >= 4 is 5.69 Å². The van der Waals surface area contributed by atoms with Crippen molar-refractivity contribution in [2.45, 2.75) is 12.8 Å². The predicted molar refractivity (Wildman–Crippen MR) is 60.7 cm³/mol. The van der Waals surface area contributed by atoms with Gasteiger partial charge in [0.05, 0.1) is 18.1 Å². The molecule has 0 aliphatic carbocycles. The van der Waals surface area contributed by atoms with E-state index in [1.54, 1.807) is 6.33 Å². The Morgan fingerprint density at radius 2 is 2.27 bits per heavy atom. The van der Waals surface area contributed by atoms with Crippen LogP contribution < -0.4 is 5.32 Å². The van der Waals surface area contributed by atoms with Crippen LogP contribution in [0.15, 0.2) is 18.7 Å². The highest BCUT2D eigenvalue weighted by molar-refractivity contribution is 5.36. The Hall–Kier alpha value is -1.16. The minimum atomic E-state index is 0.754. The number of nitrogens with one attached hydrogen (secondary N) is 1. The number of hydrogen-bond acceptors (Lipinski definition) is 4. The van der Waals surface area contributed by atoms with E-state index in [1.807, 2.05) is 12.4 Å². The molecule has 1 N–H and O–H groups in total. The Bertz CT molecular complexity index is 288. The van der Waals surface area contributed by atoms with Crippen LogP contribution in [-0.4, -0.2) is 41.5 Å². The lowest BCUT2D eigenvalue weighted by atomic mass is 9.98. The normalized spacial score (nSPS) is 22.6. The van der Waals surface area contributed by atoms with Crippen molar-refractivity contribution in [3.05, 3.63) is 18.7 Å². The van der Waals surface area contributed by atoms with Crippen LogP contribution >= 0.6 is 0 Å². The zero-order valence-electron chi connectivity index (χ0n) is 9.19. The topological polar surface area (TPSA) is 41.0 Å². The van der Waals surface area contributed by atoms with Crippen LogP contribution in [-0.2, 0) is 0 Å². The van der Waals surface area contributed by atoms with Crippen molar-refractivity contribution < 1.29 is 0 Å². The van der Waals surface area contributed by atoms with Gasteiger partial charge in [-0.05, 0) is 32.4 Å². The van der Waals surface area contributed by atoms with E-state index in [0.717, 1.165) is 18.2 Å². The van der Waals surface area contributed by atoms with Gasteiger partial charge in [0.25, 0.3) is 0 Å². The van der Waals surface area contributed by atoms with E-state index in [2.05, 4.69) is 27.2 Å². The van der Waals surface area contributed by atoms with E-state index in [0.29, 0.717) is 0 Å². The maximum atomic E-state index is 3.98. The van der Waals surface area contributed by atoms with Gasteiger partial charge in [-0.25, -0.2) is 9.97 Å². The summed E-state index contributed by atoms with van der Waals surface area (Å²) in [6, 6.07) is 0. The van der Waals surface area contributed by atoms with Crippen molar-refractivity contribution in [2.24, 2.45) is 5.92 Å². The van der Waals surface area contributed by atoms with E-state index < -0.39 is 0 Å². The number of hydrogen-bond donors (Lipinski definition) is 1. The number of aromatic nitrogens is 2. The summed E-state index contributed by atoms with van der Waals surface area (Å²) in [5, 5.41) is 3.38. The van der Waals surface area contributed by atoms with Gasteiger partial charge in [0, 0.05) is 13.1 Å². The van der Waals surface area contributed by atoms with Gasteiger partial charge in [-0.2, -0.15) is 0 Å². The standard InChI is InChI=1S/C11H18N4/c1-15-4-2-3-10(8-15)5-14-11-6-12-9-13-7-11/h6-7,9-10,14H,2-5,8H2,1H3. The highest BCUT2D eigenvalue weighted by Gasteiger charge is 2.16. The Morgan fingerprint density at radius 1 is 1.47 bits per heavy atom. The van der Waals surface area contributed by atoms with E-state index in [9.17, 15) is 0 Å². The molecule has 0 amide bonds. The largest absolute Gasteiger partial charge is 0.382 e. The third-order valence-electron chi connectivity index (χ3n) is 2.88. The van der Waals surface area contributed by atoms with Gasteiger partial charge in [0.2, 0.25) is 0 Å². The molecule has 82 valence electrons. The molecule has 1 aliphatic heterocycles. The minimum Gasteiger partial charge on any atom is -0.382 e. The monoisotopic (exact) mass is 206 g/mol. The van der Waals surface area contributed by atoms with Crippen LogP contribution in [0.1, 0.15) is 12.8 Å². The van der Waals surface area contributed by atoms with Crippen molar-refractivity contribution in [3.63, 3.8) is 0 Å². The van der Waals surface area contributed by atoms with Gasteiger partial charge < -0.3 is 10.2 Å². The molecule has 0 bridgehead atoms. The molecule has 4 nitrogen and oxygen atoms in total. The second kappa shape index (κ2) is 5.07. The van der Waals surface area contributed by atoms with Gasteiger partial charge in [-0.15, -0.1) is 0 Å². The van der Waals surface area contributed by atoms with Crippen molar-refractivity contribution in [3.8, 4) is 0 Å². The van der Waals surface area contributed by atoms with E-state index in [1.165, 1.54) is 25.9 Å². The molecule has 0 aromatic carbocycles. The second-order valence-corrected chi connectivity index (χ2v) is 4.28. The lowest BCUT2D eigenvalue weighted by Crippen LogP contribution is -2.35. The summed E-state index contributed by atoms with van der Waals surface area (Å²) in [4.78, 5) is 10.4. The first-order valence-electron chi connectivity index (χ1n) is 5.52. The van der Waals surface area contributed by atoms with Crippen molar-refractivity contribution in [1.29, 1.82) is 0 Å². The molecular weight excluding hydrogens is 188 g/mol.